The molecule has 0 rings (SSSR count). The van der Waals surface area contributed by atoms with E-state index in [9.17, 15) is 0 Å². The van der Waals surface area contributed by atoms with Crippen molar-refractivity contribution in [3.63, 3.8) is 0 Å². The Morgan fingerprint density at radius 2 is 1.00 bits per heavy atom. The van der Waals surface area contributed by atoms with Gasteiger partial charge >= 0.3 is 0 Å². The average molecular weight is 168 g/mol. The summed E-state index contributed by atoms with van der Waals surface area (Å²) < 4.78 is 0. The van der Waals surface area contributed by atoms with Crippen LogP contribution in [0.3, 0.4) is 0 Å². The molecule has 0 N–H and O–H groups in total. The van der Waals surface area contributed by atoms with Crippen molar-refractivity contribution >= 4 is 45.8 Å². The van der Waals surface area contributed by atoms with Crippen LogP contribution in [0.1, 0.15) is 0 Å². The summed E-state index contributed by atoms with van der Waals surface area (Å²) in [5.41, 5.74) is 0. The monoisotopic (exact) mass is 169 g/mol. The van der Waals surface area contributed by atoms with Gasteiger partial charge in [0.15, 0.2) is 0 Å². The molecule has 0 nitrogen and oxygen atoms in total. The van der Waals surface area contributed by atoms with Crippen molar-refractivity contribution in [1.82, 2.24) is 0 Å². The zero-order valence-electron chi connectivity index (χ0n) is 2.30. The van der Waals surface area contributed by atoms with Gasteiger partial charge in [0, 0.05) is 64.4 Å². The van der Waals surface area contributed by atoms with Crippen LogP contribution in [0, 0.1) is 0 Å². The van der Waals surface area contributed by atoms with Gasteiger partial charge in [-0.1, -0.05) is 0 Å². The van der Waals surface area contributed by atoms with E-state index in [1.807, 2.05) is 0 Å². The van der Waals surface area contributed by atoms with Gasteiger partial charge in [-0.2, -0.15) is 0 Å². The Morgan fingerprint density at radius 1 is 1.00 bits per heavy atom. The van der Waals surface area contributed by atoms with E-state index in [0.717, 1.165) is 0 Å². The van der Waals surface area contributed by atoms with Gasteiger partial charge in [-0.3, -0.25) is 0 Å². The third-order valence-electron chi connectivity index (χ3n) is 0. The molecule has 0 amide bonds. The summed E-state index contributed by atoms with van der Waals surface area (Å²) in [4.78, 5) is 0. The molecule has 0 heterocycles. The predicted octanol–water partition coefficient (Wildman–Crippen LogP) is 0.0971. The van der Waals surface area contributed by atoms with E-state index in [4.69, 9.17) is 0 Å². The number of hydrogen-bond donors (Lipinski definition) is 0. The maximum Gasteiger partial charge on any atom is 0 e. The Kier molecular flexibility index (Phi) is 171. The molecule has 4 heavy (non-hydrogen) atoms. The van der Waals surface area contributed by atoms with E-state index in [2.05, 4.69) is 0 Å². The van der Waals surface area contributed by atoms with Gasteiger partial charge in [0.1, 0.15) is 0 Å². The van der Waals surface area contributed by atoms with E-state index < -0.39 is 0 Å². The van der Waals surface area contributed by atoms with Crippen LogP contribution in [0.2, 0.25) is 0 Å². The summed E-state index contributed by atoms with van der Waals surface area (Å²) in [6.45, 7) is 0. The fourth-order valence-corrected chi connectivity index (χ4v) is 0. The third kappa shape index (κ3) is 8.92. The van der Waals surface area contributed by atoms with Gasteiger partial charge in [-0.15, -0.1) is 0 Å². The molecule has 0 bridgehead atoms. The molecule has 17 valence electrons. The molecule has 0 aliphatic carbocycles. The second-order valence-corrected chi connectivity index (χ2v) is 0. The fourth-order valence-electron chi connectivity index (χ4n) is 0. The topological polar surface area (TPSA) is 0 Å². The first kappa shape index (κ1) is 35.5. The molecule has 0 atom stereocenters. The van der Waals surface area contributed by atoms with Crippen molar-refractivity contribution in [3.8, 4) is 0 Å². The molecular weight excluding hydrogens is 168 g/mol. The van der Waals surface area contributed by atoms with Crippen molar-refractivity contribution in [1.29, 1.82) is 0 Å². The summed E-state index contributed by atoms with van der Waals surface area (Å²) >= 11 is 0. The molecule has 0 aromatic carbocycles. The van der Waals surface area contributed by atoms with E-state index in [-0.39, 0.29) is 64.4 Å². The Labute approximate surface area is 64.0 Å². The van der Waals surface area contributed by atoms with Crippen molar-refractivity contribution in [2.75, 3.05) is 0 Å². The third-order valence-corrected chi connectivity index (χ3v) is 0. The quantitative estimate of drug-likeness (QED) is 0.355. The average Bonchev–Trinajstić information content (AvgIpc) is 0. The normalized spacial score (nSPS) is 0. The van der Waals surface area contributed by atoms with E-state index in [0.29, 0.717) is 0 Å². The van der Waals surface area contributed by atoms with Crippen LogP contribution in [0.5, 0.6) is 0 Å². The van der Waals surface area contributed by atoms with Gasteiger partial charge in [-0.05, 0) is 0 Å². The Bertz CT molecular complexity index is 8.00. The zero-order valence-corrected chi connectivity index (χ0v) is 6.31. The minimum Gasteiger partial charge on any atom is 0 e. The molecule has 0 saturated heterocycles. The molecule has 0 aliphatic heterocycles. The standard InChI is InChI=1S/Li.P.Se.V. The van der Waals surface area contributed by atoms with Crippen LogP contribution in [-0.2, 0) is 18.6 Å². The van der Waals surface area contributed by atoms with E-state index in [1.165, 1.54) is 0 Å². The van der Waals surface area contributed by atoms with Crippen LogP contribution in [0.15, 0.2) is 0 Å². The minimum atomic E-state index is 0. The minimum absolute atomic E-state index is 0. The molecule has 4 heteroatoms. The van der Waals surface area contributed by atoms with Gasteiger partial charge in [0.2, 0.25) is 0 Å². The molecule has 7 radical (unpaired) electrons. The maximum atomic E-state index is 0. The smallest absolute Gasteiger partial charge is 0 e. The van der Waals surface area contributed by atoms with Crippen molar-refractivity contribution in [3.05, 3.63) is 0 Å². The molecule has 0 saturated carbocycles. The largest absolute Gasteiger partial charge is 0 e. The summed E-state index contributed by atoms with van der Waals surface area (Å²) in [6.07, 6.45) is 0. The van der Waals surface area contributed by atoms with Crippen LogP contribution < -0.4 is 0 Å². The van der Waals surface area contributed by atoms with Crippen LogP contribution in [0.25, 0.3) is 0 Å². The summed E-state index contributed by atoms with van der Waals surface area (Å²) in [6, 6.07) is 0. The van der Waals surface area contributed by atoms with Crippen LogP contribution in [0.4, 0.5) is 0 Å². The first-order valence-corrected chi connectivity index (χ1v) is 0. The molecular formula is LiPSeV. The fraction of sp³-hybridized carbons (Fsp3) is 0. The summed E-state index contributed by atoms with van der Waals surface area (Å²) in [7, 11) is 0. The molecule has 0 aromatic rings. The first-order valence-electron chi connectivity index (χ1n) is 0. The van der Waals surface area contributed by atoms with Crippen LogP contribution in [-0.4, -0.2) is 35.9 Å². The first-order chi connectivity index (χ1) is 0. The van der Waals surface area contributed by atoms with Gasteiger partial charge < -0.3 is 0 Å². The molecule has 0 unspecified atom stereocenters. The molecule has 0 aromatic heterocycles. The second kappa shape index (κ2) is 19.3. The van der Waals surface area contributed by atoms with Crippen molar-refractivity contribution < 1.29 is 18.6 Å². The number of rotatable bonds is 0. The molecule has 0 aliphatic rings. The predicted molar refractivity (Wildman–Crippen MR) is 18.4 cm³/mol. The maximum absolute atomic E-state index is 0. The van der Waals surface area contributed by atoms with Crippen molar-refractivity contribution in [2.24, 2.45) is 0 Å². The second-order valence-electron chi connectivity index (χ2n) is 0. The number of hydrogen-bond acceptors (Lipinski definition) is 0. The van der Waals surface area contributed by atoms with Gasteiger partial charge in [0.25, 0.3) is 0 Å². The molecule has 0 fully saturated rings. The SMILES string of the molecule is [Li].[P].[Se].[V]. The zero-order chi connectivity index (χ0) is 0. The van der Waals surface area contributed by atoms with E-state index in [1.54, 1.807) is 0 Å². The van der Waals surface area contributed by atoms with Crippen molar-refractivity contribution in [2.45, 2.75) is 0 Å². The Morgan fingerprint density at radius 3 is 1.00 bits per heavy atom. The molecule has 0 spiro atoms. The Balaban J connectivity index is 0. The van der Waals surface area contributed by atoms with Gasteiger partial charge in [-0.25, -0.2) is 0 Å². The van der Waals surface area contributed by atoms with E-state index >= 15 is 0 Å². The summed E-state index contributed by atoms with van der Waals surface area (Å²) in [5, 5.41) is 0. The van der Waals surface area contributed by atoms with Crippen LogP contribution >= 0.6 is 9.90 Å². The Hall–Kier alpha value is 2.13. The summed E-state index contributed by atoms with van der Waals surface area (Å²) in [5.74, 6) is 0. The van der Waals surface area contributed by atoms with Gasteiger partial charge in [0.05, 0.1) is 0 Å².